The lowest BCUT2D eigenvalue weighted by Crippen LogP contribution is -2.47. The van der Waals surface area contributed by atoms with Crippen molar-refractivity contribution in [1.29, 1.82) is 0 Å². The molecule has 20 heavy (non-hydrogen) atoms. The molecular weight excluding hydrogens is 264 g/mol. The summed E-state index contributed by atoms with van der Waals surface area (Å²) in [6.45, 7) is 2.14. The quantitative estimate of drug-likeness (QED) is 0.775. The second-order valence-corrected chi connectivity index (χ2v) is 5.47. The third kappa shape index (κ3) is 2.02. The fourth-order valence-electron chi connectivity index (χ4n) is 3.02. The number of rotatable bonds is 2. The second kappa shape index (κ2) is 4.83. The molecule has 2 saturated heterocycles. The minimum Gasteiger partial charge on any atom is -0.393 e. The monoisotopic (exact) mass is 282 g/mol. The molecule has 110 valence electrons. The normalized spacial score (nSPS) is 33.1. The van der Waals surface area contributed by atoms with Crippen molar-refractivity contribution in [3.8, 4) is 0 Å². The third-order valence-corrected chi connectivity index (χ3v) is 4.16. The lowest BCUT2D eigenvalue weighted by atomic mass is 9.90. The number of hydrogen-bond acceptors (Lipinski definition) is 5. The summed E-state index contributed by atoms with van der Waals surface area (Å²) in [5.41, 5.74) is -1.18. The minimum absolute atomic E-state index is 0.134. The van der Waals surface area contributed by atoms with Crippen molar-refractivity contribution < 1.29 is 14.6 Å². The first-order valence-corrected chi connectivity index (χ1v) is 6.78. The van der Waals surface area contributed by atoms with Gasteiger partial charge in [0.2, 0.25) is 0 Å². The zero-order valence-corrected chi connectivity index (χ0v) is 11.3. The molecule has 3 unspecified atom stereocenters. The van der Waals surface area contributed by atoms with Gasteiger partial charge in [0, 0.05) is 24.8 Å². The van der Waals surface area contributed by atoms with Crippen LogP contribution in [0.4, 0.5) is 0 Å². The number of nitrogens with one attached hydrogen (secondary N) is 1. The summed E-state index contributed by atoms with van der Waals surface area (Å²) in [7, 11) is 0. The van der Waals surface area contributed by atoms with Gasteiger partial charge in [-0.1, -0.05) is 0 Å². The van der Waals surface area contributed by atoms with Crippen LogP contribution in [0.1, 0.15) is 31.1 Å². The van der Waals surface area contributed by atoms with Crippen LogP contribution in [0.2, 0.25) is 0 Å². The van der Waals surface area contributed by atoms with Gasteiger partial charge in [-0.25, -0.2) is 4.79 Å². The van der Waals surface area contributed by atoms with Crippen molar-refractivity contribution in [1.82, 2.24) is 9.55 Å². The van der Waals surface area contributed by atoms with E-state index in [1.807, 2.05) is 0 Å². The van der Waals surface area contributed by atoms with Crippen LogP contribution in [-0.2, 0) is 9.47 Å². The molecule has 2 aliphatic rings. The predicted octanol–water partition coefficient (Wildman–Crippen LogP) is -0.326. The lowest BCUT2D eigenvalue weighted by Gasteiger charge is -2.36. The van der Waals surface area contributed by atoms with Crippen LogP contribution in [0, 0.1) is 6.92 Å². The summed E-state index contributed by atoms with van der Waals surface area (Å²) in [6, 6.07) is 0. The Bertz CT molecular complexity index is 622. The molecule has 3 rings (SSSR count). The molecule has 0 spiro atoms. The first kappa shape index (κ1) is 13.5. The van der Waals surface area contributed by atoms with Crippen molar-refractivity contribution in [2.75, 3.05) is 13.2 Å². The molecule has 0 aromatic carbocycles. The Morgan fingerprint density at radius 1 is 1.55 bits per heavy atom. The van der Waals surface area contributed by atoms with E-state index in [2.05, 4.69) is 4.98 Å². The lowest BCUT2D eigenvalue weighted by molar-refractivity contribution is -0.166. The molecule has 3 heterocycles. The smallest absolute Gasteiger partial charge is 0.330 e. The van der Waals surface area contributed by atoms with E-state index in [0.717, 1.165) is 6.42 Å². The predicted molar refractivity (Wildman–Crippen MR) is 69.6 cm³/mol. The highest BCUT2D eigenvalue weighted by atomic mass is 16.6. The number of aromatic nitrogens is 2. The Morgan fingerprint density at radius 2 is 2.35 bits per heavy atom. The number of aryl methyl sites for hydroxylation is 1. The Morgan fingerprint density at radius 3 is 3.05 bits per heavy atom. The molecule has 1 aromatic heterocycles. The molecule has 7 heteroatoms. The molecule has 2 aliphatic heterocycles. The van der Waals surface area contributed by atoms with E-state index in [0.29, 0.717) is 25.0 Å². The summed E-state index contributed by atoms with van der Waals surface area (Å²) in [5, 5.41) is 9.63. The van der Waals surface area contributed by atoms with E-state index in [-0.39, 0.29) is 12.7 Å². The average Bonchev–Trinajstić information content (AvgIpc) is 2.82. The summed E-state index contributed by atoms with van der Waals surface area (Å²) in [5.74, 6) is 0. The van der Waals surface area contributed by atoms with E-state index in [9.17, 15) is 14.7 Å². The number of aliphatic hydroxyl groups is 1. The largest absolute Gasteiger partial charge is 0.393 e. The molecule has 0 bridgehead atoms. The molecule has 0 saturated carbocycles. The molecule has 0 aliphatic carbocycles. The van der Waals surface area contributed by atoms with Crippen LogP contribution >= 0.6 is 0 Å². The van der Waals surface area contributed by atoms with Gasteiger partial charge in [0.1, 0.15) is 11.8 Å². The van der Waals surface area contributed by atoms with E-state index >= 15 is 0 Å². The Labute approximate surface area is 115 Å². The van der Waals surface area contributed by atoms with Crippen LogP contribution in [0.15, 0.2) is 15.8 Å². The highest BCUT2D eigenvalue weighted by molar-refractivity contribution is 5.04. The van der Waals surface area contributed by atoms with Crippen LogP contribution < -0.4 is 11.2 Å². The van der Waals surface area contributed by atoms with Gasteiger partial charge in [0.25, 0.3) is 5.56 Å². The van der Waals surface area contributed by atoms with Gasteiger partial charge in [-0.2, -0.15) is 0 Å². The Kier molecular flexibility index (Phi) is 3.27. The maximum absolute atomic E-state index is 11.9. The number of aliphatic hydroxyl groups excluding tert-OH is 1. The molecule has 2 fully saturated rings. The van der Waals surface area contributed by atoms with Crippen LogP contribution in [0.3, 0.4) is 0 Å². The fourth-order valence-corrected chi connectivity index (χ4v) is 3.02. The van der Waals surface area contributed by atoms with Crippen molar-refractivity contribution in [3.05, 3.63) is 32.6 Å². The van der Waals surface area contributed by atoms with Crippen LogP contribution in [-0.4, -0.2) is 39.6 Å². The van der Waals surface area contributed by atoms with E-state index in [1.54, 1.807) is 6.92 Å². The maximum atomic E-state index is 11.9. The average molecular weight is 282 g/mol. The summed E-state index contributed by atoms with van der Waals surface area (Å²) >= 11 is 0. The van der Waals surface area contributed by atoms with Gasteiger partial charge in [-0.05, 0) is 19.8 Å². The third-order valence-electron chi connectivity index (χ3n) is 4.16. The van der Waals surface area contributed by atoms with Crippen molar-refractivity contribution in [2.24, 2.45) is 0 Å². The summed E-state index contributed by atoms with van der Waals surface area (Å²) in [6.07, 6.45) is 2.78. The van der Waals surface area contributed by atoms with E-state index in [4.69, 9.17) is 9.47 Å². The van der Waals surface area contributed by atoms with Gasteiger partial charge in [0.05, 0.1) is 12.7 Å². The topological polar surface area (TPSA) is 93.6 Å². The first-order valence-electron chi connectivity index (χ1n) is 6.78. The Hall–Kier alpha value is -1.44. The number of hydrogen-bond donors (Lipinski definition) is 2. The number of nitrogens with zero attached hydrogens (tertiary/aromatic N) is 1. The molecule has 0 amide bonds. The van der Waals surface area contributed by atoms with Crippen LogP contribution in [0.5, 0.6) is 0 Å². The minimum atomic E-state index is -0.730. The molecule has 7 nitrogen and oxygen atoms in total. The molecule has 1 aromatic rings. The van der Waals surface area contributed by atoms with Gasteiger partial charge in [0.15, 0.2) is 0 Å². The van der Waals surface area contributed by atoms with Crippen molar-refractivity contribution in [2.45, 2.75) is 44.1 Å². The standard InChI is InChI=1S/C13H18N2O5/c1-8-6-15(12(18)14-11(8)17)10-5-9-13(7-16,20-10)3-2-4-19-9/h6,9-10,16H,2-5,7H2,1H3,(H,14,17,18). The van der Waals surface area contributed by atoms with Gasteiger partial charge in [-0.15, -0.1) is 0 Å². The van der Waals surface area contributed by atoms with E-state index < -0.39 is 23.1 Å². The summed E-state index contributed by atoms with van der Waals surface area (Å²) < 4.78 is 13.0. The number of aromatic amines is 1. The number of H-pyrrole nitrogens is 1. The first-order chi connectivity index (χ1) is 9.55. The molecule has 3 atom stereocenters. The van der Waals surface area contributed by atoms with E-state index in [1.165, 1.54) is 10.8 Å². The molecule has 0 radical (unpaired) electrons. The zero-order valence-electron chi connectivity index (χ0n) is 11.3. The van der Waals surface area contributed by atoms with Crippen LogP contribution in [0.25, 0.3) is 0 Å². The van der Waals surface area contributed by atoms with Crippen molar-refractivity contribution in [3.63, 3.8) is 0 Å². The Balaban J connectivity index is 1.95. The van der Waals surface area contributed by atoms with Gasteiger partial charge < -0.3 is 14.6 Å². The molecule has 2 N–H and O–H groups in total. The zero-order chi connectivity index (χ0) is 14.3. The maximum Gasteiger partial charge on any atom is 0.330 e. The SMILES string of the molecule is Cc1cn(C2CC3OCCCC3(CO)O2)c(=O)[nH]c1=O. The second-order valence-electron chi connectivity index (χ2n) is 5.47. The number of fused-ring (bicyclic) bond motifs is 1. The highest BCUT2D eigenvalue weighted by Crippen LogP contribution is 2.43. The van der Waals surface area contributed by atoms with Gasteiger partial charge >= 0.3 is 5.69 Å². The van der Waals surface area contributed by atoms with Gasteiger partial charge in [-0.3, -0.25) is 14.3 Å². The van der Waals surface area contributed by atoms with Crippen molar-refractivity contribution >= 4 is 0 Å². The highest BCUT2D eigenvalue weighted by Gasteiger charge is 2.51. The molecular formula is C13H18N2O5. The summed E-state index contributed by atoms with van der Waals surface area (Å²) in [4.78, 5) is 25.6. The number of ether oxygens (including phenoxy) is 2. The fraction of sp³-hybridized carbons (Fsp3) is 0.692.